The zero-order valence-electron chi connectivity index (χ0n) is 15.4. The first kappa shape index (κ1) is 18.5. The predicted molar refractivity (Wildman–Crippen MR) is 99.1 cm³/mol. The van der Waals surface area contributed by atoms with Gasteiger partial charge in [0.05, 0.1) is 19.3 Å². The number of carbonyl (C=O) groups is 2. The van der Waals surface area contributed by atoms with Crippen molar-refractivity contribution in [1.29, 1.82) is 0 Å². The Balaban J connectivity index is 1.71. The van der Waals surface area contributed by atoms with E-state index in [2.05, 4.69) is 0 Å². The Labute approximate surface area is 157 Å². The molecular formula is C21H20O6. The van der Waals surface area contributed by atoms with Gasteiger partial charge in [-0.15, -0.1) is 0 Å². The van der Waals surface area contributed by atoms with Gasteiger partial charge in [0, 0.05) is 6.07 Å². The summed E-state index contributed by atoms with van der Waals surface area (Å²) in [6.45, 7) is 3.68. The third-order valence-electron chi connectivity index (χ3n) is 3.99. The van der Waals surface area contributed by atoms with Gasteiger partial charge >= 0.3 is 5.97 Å². The summed E-state index contributed by atoms with van der Waals surface area (Å²) >= 11 is 0. The second-order valence-electron chi connectivity index (χ2n) is 5.88. The number of rotatable bonds is 6. The minimum Gasteiger partial charge on any atom is -0.497 e. The second kappa shape index (κ2) is 7.95. The zero-order valence-corrected chi connectivity index (χ0v) is 15.4. The van der Waals surface area contributed by atoms with Crippen molar-refractivity contribution in [3.8, 4) is 17.2 Å². The molecule has 1 aliphatic rings. The number of ether oxygens (including phenoxy) is 4. The predicted octanol–water partition coefficient (Wildman–Crippen LogP) is 3.64. The fourth-order valence-electron chi connectivity index (χ4n) is 2.60. The molecule has 6 heteroatoms. The van der Waals surface area contributed by atoms with Crippen LogP contribution in [0.25, 0.3) is 6.08 Å². The van der Waals surface area contributed by atoms with Crippen LogP contribution in [-0.4, -0.2) is 31.6 Å². The summed E-state index contributed by atoms with van der Waals surface area (Å²) in [4.78, 5) is 24.1. The van der Waals surface area contributed by atoms with Crippen LogP contribution in [0.1, 0.15) is 29.8 Å². The molecule has 0 saturated heterocycles. The van der Waals surface area contributed by atoms with Crippen molar-refractivity contribution < 1.29 is 28.5 Å². The van der Waals surface area contributed by atoms with Gasteiger partial charge in [0.15, 0.2) is 11.9 Å². The molecule has 6 nitrogen and oxygen atoms in total. The maximum Gasteiger partial charge on any atom is 0.347 e. The van der Waals surface area contributed by atoms with Crippen molar-refractivity contribution in [1.82, 2.24) is 0 Å². The summed E-state index contributed by atoms with van der Waals surface area (Å²) < 4.78 is 21.3. The van der Waals surface area contributed by atoms with E-state index in [0.717, 1.165) is 5.56 Å². The molecule has 1 aliphatic heterocycles. The van der Waals surface area contributed by atoms with Gasteiger partial charge in [0.2, 0.25) is 5.78 Å². The van der Waals surface area contributed by atoms with Gasteiger partial charge in [-0.2, -0.15) is 0 Å². The molecule has 1 atom stereocenters. The first-order valence-corrected chi connectivity index (χ1v) is 8.57. The number of benzene rings is 2. The van der Waals surface area contributed by atoms with Gasteiger partial charge < -0.3 is 18.9 Å². The average Bonchev–Trinajstić information content (AvgIpc) is 2.98. The van der Waals surface area contributed by atoms with Crippen LogP contribution in [0.15, 0.2) is 48.2 Å². The van der Waals surface area contributed by atoms with E-state index in [1.54, 1.807) is 69.5 Å². The molecule has 0 aromatic heterocycles. The Morgan fingerprint density at radius 3 is 2.52 bits per heavy atom. The van der Waals surface area contributed by atoms with Gasteiger partial charge in [-0.05, 0) is 49.8 Å². The van der Waals surface area contributed by atoms with Crippen molar-refractivity contribution in [2.24, 2.45) is 0 Å². The average molecular weight is 368 g/mol. The molecule has 2 aromatic rings. The highest BCUT2D eigenvalue weighted by Gasteiger charge is 2.27. The number of allylic oxidation sites excluding steroid dienone is 1. The largest absolute Gasteiger partial charge is 0.497 e. The molecule has 0 N–H and O–H groups in total. The lowest BCUT2D eigenvalue weighted by Crippen LogP contribution is -2.25. The Bertz CT molecular complexity index is 882. The van der Waals surface area contributed by atoms with Crippen molar-refractivity contribution >= 4 is 17.8 Å². The van der Waals surface area contributed by atoms with Gasteiger partial charge in [-0.3, -0.25) is 4.79 Å². The molecule has 0 fully saturated rings. The van der Waals surface area contributed by atoms with Crippen LogP contribution in [-0.2, 0) is 9.53 Å². The normalized spacial score (nSPS) is 15.1. The molecule has 0 saturated carbocycles. The van der Waals surface area contributed by atoms with E-state index in [1.807, 2.05) is 0 Å². The summed E-state index contributed by atoms with van der Waals surface area (Å²) in [6.07, 6.45) is 0.964. The molecule has 0 bridgehead atoms. The lowest BCUT2D eigenvalue weighted by molar-refractivity contribution is -0.150. The van der Waals surface area contributed by atoms with Crippen LogP contribution in [0.2, 0.25) is 0 Å². The van der Waals surface area contributed by atoms with Crippen LogP contribution in [0.5, 0.6) is 17.2 Å². The maximum absolute atomic E-state index is 12.4. The number of ketones is 1. The number of esters is 1. The molecule has 0 aliphatic carbocycles. The summed E-state index contributed by atoms with van der Waals surface area (Å²) in [5.41, 5.74) is 1.28. The van der Waals surface area contributed by atoms with Gasteiger partial charge in [-0.25, -0.2) is 4.79 Å². The standard InChI is InChI=1S/C21H20O6/c1-4-25-21(23)13(2)26-15-7-5-14(6-8-15)11-19-20(22)17-10-9-16(24-3)12-18(17)27-19/h5-13H,4H2,1-3H3/b19-11-/t13-/m1/s1. The summed E-state index contributed by atoms with van der Waals surface area (Å²) in [5, 5.41) is 0. The number of methoxy groups -OCH3 is 1. The number of hydrogen-bond acceptors (Lipinski definition) is 6. The second-order valence-corrected chi connectivity index (χ2v) is 5.88. The van der Waals surface area contributed by atoms with Gasteiger partial charge in [-0.1, -0.05) is 12.1 Å². The van der Waals surface area contributed by atoms with Crippen molar-refractivity contribution in [2.45, 2.75) is 20.0 Å². The number of fused-ring (bicyclic) bond motifs is 1. The third-order valence-corrected chi connectivity index (χ3v) is 3.99. The van der Waals surface area contributed by atoms with Gasteiger partial charge in [0.25, 0.3) is 0 Å². The Morgan fingerprint density at radius 1 is 1.15 bits per heavy atom. The molecule has 140 valence electrons. The molecule has 0 radical (unpaired) electrons. The smallest absolute Gasteiger partial charge is 0.347 e. The molecule has 2 aromatic carbocycles. The SMILES string of the molecule is CCOC(=O)[C@@H](C)Oc1ccc(/C=C2\Oc3cc(OC)ccc3C2=O)cc1. The molecule has 27 heavy (non-hydrogen) atoms. The Kier molecular flexibility index (Phi) is 5.45. The zero-order chi connectivity index (χ0) is 19.4. The fraction of sp³-hybridized carbons (Fsp3) is 0.238. The van der Waals surface area contributed by atoms with Crippen molar-refractivity contribution in [2.75, 3.05) is 13.7 Å². The van der Waals surface area contributed by atoms with E-state index >= 15 is 0 Å². The van der Waals surface area contributed by atoms with E-state index in [0.29, 0.717) is 29.4 Å². The summed E-state index contributed by atoms with van der Waals surface area (Å²) in [5.74, 6) is 1.29. The Hall–Kier alpha value is -3.28. The lowest BCUT2D eigenvalue weighted by Gasteiger charge is -2.13. The fourth-order valence-corrected chi connectivity index (χ4v) is 2.60. The first-order valence-electron chi connectivity index (χ1n) is 8.57. The molecular weight excluding hydrogens is 348 g/mol. The maximum atomic E-state index is 12.4. The number of hydrogen-bond donors (Lipinski definition) is 0. The highest BCUT2D eigenvalue weighted by atomic mass is 16.6. The molecule has 1 heterocycles. The van der Waals surface area contributed by atoms with E-state index in [4.69, 9.17) is 18.9 Å². The molecule has 0 unspecified atom stereocenters. The topological polar surface area (TPSA) is 71.1 Å². The third kappa shape index (κ3) is 4.11. The van der Waals surface area contributed by atoms with E-state index < -0.39 is 12.1 Å². The quantitative estimate of drug-likeness (QED) is 0.573. The van der Waals surface area contributed by atoms with Crippen LogP contribution in [0.3, 0.4) is 0 Å². The minimum absolute atomic E-state index is 0.177. The van der Waals surface area contributed by atoms with E-state index in [1.165, 1.54) is 0 Å². The summed E-state index contributed by atoms with van der Waals surface area (Å²) in [7, 11) is 1.56. The van der Waals surface area contributed by atoms with E-state index in [9.17, 15) is 9.59 Å². The first-order chi connectivity index (χ1) is 13.0. The van der Waals surface area contributed by atoms with Crippen LogP contribution in [0, 0.1) is 0 Å². The monoisotopic (exact) mass is 368 g/mol. The molecule has 0 amide bonds. The van der Waals surface area contributed by atoms with Crippen LogP contribution < -0.4 is 14.2 Å². The molecule has 0 spiro atoms. The van der Waals surface area contributed by atoms with Crippen molar-refractivity contribution in [3.63, 3.8) is 0 Å². The minimum atomic E-state index is -0.696. The Morgan fingerprint density at radius 2 is 1.85 bits per heavy atom. The lowest BCUT2D eigenvalue weighted by atomic mass is 10.1. The highest BCUT2D eigenvalue weighted by molar-refractivity contribution is 6.14. The summed E-state index contributed by atoms with van der Waals surface area (Å²) in [6, 6.07) is 12.1. The number of carbonyl (C=O) groups excluding carboxylic acids is 2. The highest BCUT2D eigenvalue weighted by Crippen LogP contribution is 2.34. The molecule has 3 rings (SSSR count). The van der Waals surface area contributed by atoms with E-state index in [-0.39, 0.29) is 11.5 Å². The van der Waals surface area contributed by atoms with Crippen LogP contribution in [0.4, 0.5) is 0 Å². The number of Topliss-reactive ketones (excluding diaryl/α,β-unsaturated/α-hetero) is 1. The van der Waals surface area contributed by atoms with Crippen LogP contribution >= 0.6 is 0 Å². The van der Waals surface area contributed by atoms with Crippen molar-refractivity contribution in [3.05, 3.63) is 59.4 Å². The van der Waals surface area contributed by atoms with Gasteiger partial charge in [0.1, 0.15) is 17.2 Å².